The van der Waals surface area contributed by atoms with Gasteiger partial charge in [0.15, 0.2) is 5.78 Å². The second kappa shape index (κ2) is 4.78. The summed E-state index contributed by atoms with van der Waals surface area (Å²) < 4.78 is 0. The number of nitrogens with zero attached hydrogens (tertiary/aromatic N) is 1. The van der Waals surface area contributed by atoms with Crippen molar-refractivity contribution in [2.24, 2.45) is 39.7 Å². The average molecular weight is 315 g/mol. The molecule has 0 spiro atoms. The fourth-order valence-electron chi connectivity index (χ4n) is 6.35. The van der Waals surface area contributed by atoms with Gasteiger partial charge in [-0.05, 0) is 54.9 Å². The van der Waals surface area contributed by atoms with Gasteiger partial charge in [-0.15, -0.1) is 0 Å². The minimum atomic E-state index is -0.181. The van der Waals surface area contributed by atoms with Crippen molar-refractivity contribution in [2.45, 2.75) is 52.4 Å². The van der Waals surface area contributed by atoms with E-state index in [0.29, 0.717) is 36.4 Å². The number of fused-ring (bicyclic) bond motifs is 5. The zero-order valence-electron chi connectivity index (χ0n) is 13.9. The van der Waals surface area contributed by atoms with E-state index in [1.54, 1.807) is 6.08 Å². The molecule has 4 rings (SSSR count). The number of Topliss-reactive ketones (excluding diaryl/α,β-unsaturated/α-hetero) is 1. The summed E-state index contributed by atoms with van der Waals surface area (Å²) in [6.45, 7) is 4.37. The Balaban J connectivity index is 1.78. The first-order valence-corrected chi connectivity index (χ1v) is 8.86. The number of rotatable bonds is 0. The quantitative estimate of drug-likeness (QED) is 0.550. The van der Waals surface area contributed by atoms with E-state index in [1.165, 1.54) is 0 Å². The molecule has 0 radical (unpaired) electrons. The fourth-order valence-corrected chi connectivity index (χ4v) is 6.35. The van der Waals surface area contributed by atoms with E-state index >= 15 is 0 Å². The zero-order valence-corrected chi connectivity index (χ0v) is 13.9. The molecule has 0 aromatic carbocycles. The number of carbonyl (C=O) groups is 2. The molecule has 0 aromatic rings. The van der Waals surface area contributed by atoms with Crippen molar-refractivity contribution in [1.82, 2.24) is 0 Å². The van der Waals surface area contributed by atoms with Crippen LogP contribution in [0.2, 0.25) is 0 Å². The van der Waals surface area contributed by atoms with E-state index in [9.17, 15) is 14.8 Å². The maximum absolute atomic E-state index is 12.4. The minimum Gasteiger partial charge on any atom is -0.411 e. The van der Waals surface area contributed by atoms with Gasteiger partial charge >= 0.3 is 0 Å². The molecule has 0 aromatic heterocycles. The first kappa shape index (κ1) is 15.1. The van der Waals surface area contributed by atoms with E-state index in [1.807, 2.05) is 0 Å². The summed E-state index contributed by atoms with van der Waals surface area (Å²) in [5.41, 5.74) is 0.472. The van der Waals surface area contributed by atoms with Crippen LogP contribution in [0, 0.1) is 34.5 Å². The molecule has 4 heteroatoms. The molecular formula is C19H25NO3. The van der Waals surface area contributed by atoms with Crippen LogP contribution in [0.15, 0.2) is 17.3 Å². The largest absolute Gasteiger partial charge is 0.411 e. The molecule has 0 saturated heterocycles. The van der Waals surface area contributed by atoms with Gasteiger partial charge in [-0.2, -0.15) is 0 Å². The van der Waals surface area contributed by atoms with Crippen molar-refractivity contribution in [3.8, 4) is 0 Å². The molecule has 124 valence electrons. The standard InChI is InChI=1S/C19H25NO3/c1-18-7-5-11(21)9-15(18)16(20-23)10-12-13-3-4-17(22)19(13,2)8-6-14(12)18/h5,7,12-15,23H,3-4,6,8-10H2,1-2H3/t12-,13-,14-,15?,18+,19-/m0/s1. The second-order valence-corrected chi connectivity index (χ2v) is 8.51. The summed E-state index contributed by atoms with van der Waals surface area (Å²) in [6, 6.07) is 0. The molecule has 0 bridgehead atoms. The molecule has 0 aliphatic heterocycles. The van der Waals surface area contributed by atoms with Crippen LogP contribution in [-0.4, -0.2) is 22.5 Å². The van der Waals surface area contributed by atoms with E-state index in [-0.39, 0.29) is 22.5 Å². The Kier molecular flexibility index (Phi) is 3.14. The monoisotopic (exact) mass is 315 g/mol. The van der Waals surface area contributed by atoms with Crippen LogP contribution in [0.5, 0.6) is 0 Å². The topological polar surface area (TPSA) is 66.7 Å². The summed E-state index contributed by atoms with van der Waals surface area (Å²) in [4.78, 5) is 24.3. The van der Waals surface area contributed by atoms with Crippen LogP contribution in [0.3, 0.4) is 0 Å². The number of hydrogen-bond donors (Lipinski definition) is 1. The van der Waals surface area contributed by atoms with Gasteiger partial charge in [-0.25, -0.2) is 0 Å². The van der Waals surface area contributed by atoms with E-state index < -0.39 is 0 Å². The third kappa shape index (κ3) is 1.87. The Hall–Kier alpha value is -1.45. The lowest BCUT2D eigenvalue weighted by atomic mass is 9.46. The summed E-state index contributed by atoms with van der Waals surface area (Å²) in [5.74, 6) is 1.84. The van der Waals surface area contributed by atoms with Crippen molar-refractivity contribution < 1.29 is 14.8 Å². The summed E-state index contributed by atoms with van der Waals surface area (Å²) in [6.07, 6.45) is 8.67. The zero-order chi connectivity index (χ0) is 16.4. The predicted molar refractivity (Wildman–Crippen MR) is 86.3 cm³/mol. The van der Waals surface area contributed by atoms with E-state index in [2.05, 4.69) is 25.1 Å². The highest BCUT2D eigenvalue weighted by Gasteiger charge is 2.61. The van der Waals surface area contributed by atoms with Crippen molar-refractivity contribution in [3.05, 3.63) is 12.2 Å². The van der Waals surface area contributed by atoms with Gasteiger partial charge < -0.3 is 5.21 Å². The molecule has 6 atom stereocenters. The number of hydrogen-bond acceptors (Lipinski definition) is 4. The molecule has 23 heavy (non-hydrogen) atoms. The van der Waals surface area contributed by atoms with E-state index in [0.717, 1.165) is 31.4 Å². The van der Waals surface area contributed by atoms with Crippen LogP contribution in [-0.2, 0) is 9.59 Å². The number of carbonyl (C=O) groups excluding carboxylic acids is 2. The third-order valence-corrected chi connectivity index (χ3v) is 7.71. The molecule has 3 fully saturated rings. The van der Waals surface area contributed by atoms with Crippen molar-refractivity contribution in [1.29, 1.82) is 0 Å². The van der Waals surface area contributed by atoms with E-state index in [4.69, 9.17) is 0 Å². The number of allylic oxidation sites excluding steroid dienone is 2. The lowest BCUT2D eigenvalue weighted by molar-refractivity contribution is -0.132. The first-order valence-electron chi connectivity index (χ1n) is 8.86. The third-order valence-electron chi connectivity index (χ3n) is 7.71. The Bertz CT molecular complexity index is 637. The highest BCUT2D eigenvalue weighted by Crippen LogP contribution is 2.63. The lowest BCUT2D eigenvalue weighted by Crippen LogP contribution is -2.55. The molecule has 0 amide bonds. The van der Waals surface area contributed by atoms with Gasteiger partial charge in [0.25, 0.3) is 0 Å². The van der Waals surface area contributed by atoms with Gasteiger partial charge in [0.2, 0.25) is 0 Å². The maximum Gasteiger partial charge on any atom is 0.156 e. The average Bonchev–Trinajstić information content (AvgIpc) is 2.83. The minimum absolute atomic E-state index is 0.0210. The summed E-state index contributed by atoms with van der Waals surface area (Å²) in [5, 5.41) is 13.2. The molecule has 0 heterocycles. The number of oxime groups is 1. The van der Waals surface area contributed by atoms with Gasteiger partial charge in [0.05, 0.1) is 5.71 Å². The smallest absolute Gasteiger partial charge is 0.156 e. The first-order chi connectivity index (χ1) is 10.9. The summed E-state index contributed by atoms with van der Waals surface area (Å²) in [7, 11) is 0. The van der Waals surface area contributed by atoms with Gasteiger partial charge in [0, 0.05) is 24.2 Å². The summed E-state index contributed by atoms with van der Waals surface area (Å²) >= 11 is 0. The molecule has 4 aliphatic rings. The maximum atomic E-state index is 12.4. The lowest BCUT2D eigenvalue weighted by Gasteiger charge is -2.57. The second-order valence-electron chi connectivity index (χ2n) is 8.51. The normalized spacial score (nSPS) is 50.6. The van der Waals surface area contributed by atoms with Gasteiger partial charge in [-0.1, -0.05) is 25.1 Å². The Labute approximate surface area is 137 Å². The van der Waals surface area contributed by atoms with Crippen molar-refractivity contribution in [2.75, 3.05) is 0 Å². The van der Waals surface area contributed by atoms with Crippen molar-refractivity contribution in [3.63, 3.8) is 0 Å². The SMILES string of the molecule is C[C@]12C=CC(=O)CC1C(=NO)C[C@@H]1[C@@H]2CC[C@]2(C)C(=O)CC[C@@H]12. The Morgan fingerprint density at radius 2 is 1.96 bits per heavy atom. The molecule has 4 nitrogen and oxygen atoms in total. The van der Waals surface area contributed by atoms with Crippen LogP contribution in [0.4, 0.5) is 0 Å². The highest BCUT2D eigenvalue weighted by atomic mass is 16.4. The predicted octanol–water partition coefficient (Wildman–Crippen LogP) is 3.38. The Morgan fingerprint density at radius 3 is 2.70 bits per heavy atom. The molecule has 4 aliphatic carbocycles. The molecular weight excluding hydrogens is 290 g/mol. The molecule has 1 unspecified atom stereocenters. The van der Waals surface area contributed by atoms with Crippen LogP contribution in [0.25, 0.3) is 0 Å². The van der Waals surface area contributed by atoms with Crippen molar-refractivity contribution >= 4 is 17.3 Å². The van der Waals surface area contributed by atoms with Gasteiger partial charge in [-0.3, -0.25) is 9.59 Å². The number of ketones is 2. The van der Waals surface area contributed by atoms with Crippen LogP contribution < -0.4 is 0 Å². The molecule has 3 saturated carbocycles. The highest BCUT2D eigenvalue weighted by molar-refractivity contribution is 5.98. The van der Waals surface area contributed by atoms with Crippen LogP contribution >= 0.6 is 0 Å². The fraction of sp³-hybridized carbons (Fsp3) is 0.737. The molecule has 1 N–H and O–H groups in total. The Morgan fingerprint density at radius 1 is 1.17 bits per heavy atom. The van der Waals surface area contributed by atoms with Gasteiger partial charge in [0.1, 0.15) is 5.78 Å². The van der Waals surface area contributed by atoms with Crippen LogP contribution in [0.1, 0.15) is 52.4 Å².